The number of hydrogen-bond acceptors (Lipinski definition) is 6. The SMILES string of the molecule is COCCN(C)C(=O)[C@@H]1CCC(NC(=O)[C@@H]2NC3(CC(CF)(CF)C3)[C@@H]3c4ccc(Cl)cc4NC(=O)C23c2cccc(Cl)c2F)CO1. The topological polar surface area (TPSA) is 109 Å². The summed E-state index contributed by atoms with van der Waals surface area (Å²) < 4.78 is 55.7. The number of carbonyl (C=O) groups excluding carboxylic acids is 3. The van der Waals surface area contributed by atoms with Gasteiger partial charge in [0.1, 0.15) is 23.4 Å². The van der Waals surface area contributed by atoms with Gasteiger partial charge in [-0.3, -0.25) is 28.5 Å². The number of halogens is 5. The lowest BCUT2D eigenvalue weighted by atomic mass is 9.48. The van der Waals surface area contributed by atoms with Gasteiger partial charge in [-0.1, -0.05) is 41.4 Å². The number of ether oxygens (including phenoxy) is 2. The fraction of sp³-hybridized carbons (Fsp3) is 0.545. The van der Waals surface area contributed by atoms with Crippen LogP contribution in [-0.2, 0) is 29.3 Å². The van der Waals surface area contributed by atoms with Crippen molar-refractivity contribution in [2.75, 3.05) is 52.6 Å². The second-order valence-corrected chi connectivity index (χ2v) is 14.1. The summed E-state index contributed by atoms with van der Waals surface area (Å²) in [6.45, 7) is -1.07. The third kappa shape index (κ3) is 5.50. The van der Waals surface area contributed by atoms with Crippen LogP contribution in [0, 0.1) is 11.2 Å². The Kier molecular flexibility index (Phi) is 9.29. The number of alkyl halides is 2. The van der Waals surface area contributed by atoms with Crippen LogP contribution in [0.3, 0.4) is 0 Å². The first-order valence-electron chi connectivity index (χ1n) is 15.6. The van der Waals surface area contributed by atoms with Gasteiger partial charge in [0, 0.05) is 53.8 Å². The molecule has 0 aromatic heterocycles. The third-order valence-corrected chi connectivity index (χ3v) is 10.9. The van der Waals surface area contributed by atoms with E-state index in [0.29, 0.717) is 42.3 Å². The summed E-state index contributed by atoms with van der Waals surface area (Å²) in [6.07, 6.45) is -0.0165. The molecule has 3 fully saturated rings. The maximum atomic E-state index is 16.2. The first-order valence-corrected chi connectivity index (χ1v) is 16.3. The fourth-order valence-electron chi connectivity index (χ4n) is 8.28. The molecule has 1 spiro atoms. The van der Waals surface area contributed by atoms with Crippen LogP contribution in [0.1, 0.15) is 42.7 Å². The molecule has 5 atom stereocenters. The number of methoxy groups -OCH3 is 1. The van der Waals surface area contributed by atoms with Crippen molar-refractivity contribution in [3.05, 3.63) is 63.4 Å². The molecular formula is C33H37Cl2F3N4O5. The normalized spacial score (nSPS) is 28.5. The molecule has 14 heteroatoms. The maximum Gasteiger partial charge on any atom is 0.251 e. The van der Waals surface area contributed by atoms with Crippen LogP contribution < -0.4 is 16.0 Å². The quantitative estimate of drug-likeness (QED) is 0.361. The highest BCUT2D eigenvalue weighted by Crippen LogP contribution is 2.67. The zero-order valence-electron chi connectivity index (χ0n) is 26.0. The first-order chi connectivity index (χ1) is 22.4. The first kappa shape index (κ1) is 34.0. The van der Waals surface area contributed by atoms with Crippen molar-refractivity contribution >= 4 is 46.6 Å². The van der Waals surface area contributed by atoms with Crippen molar-refractivity contribution in [3.63, 3.8) is 0 Å². The van der Waals surface area contributed by atoms with Crippen LogP contribution in [0.15, 0.2) is 36.4 Å². The Morgan fingerprint density at radius 1 is 1.15 bits per heavy atom. The molecule has 0 radical (unpaired) electrons. The molecule has 2 saturated heterocycles. The van der Waals surface area contributed by atoms with E-state index in [9.17, 15) is 23.2 Å². The Hall–Kier alpha value is -2.90. The van der Waals surface area contributed by atoms with Crippen molar-refractivity contribution in [2.24, 2.45) is 5.41 Å². The summed E-state index contributed by atoms with van der Waals surface area (Å²) in [5.74, 6) is -3.28. The smallest absolute Gasteiger partial charge is 0.251 e. The minimum absolute atomic E-state index is 0.0282. The van der Waals surface area contributed by atoms with E-state index in [1.165, 1.54) is 23.1 Å². The van der Waals surface area contributed by atoms with Gasteiger partial charge in [-0.25, -0.2) is 4.39 Å². The average Bonchev–Trinajstić information content (AvgIpc) is 3.37. The molecule has 47 heavy (non-hydrogen) atoms. The predicted octanol–water partition coefficient (Wildman–Crippen LogP) is 4.30. The molecule has 1 saturated carbocycles. The molecule has 3 aliphatic heterocycles. The molecule has 6 rings (SSSR count). The summed E-state index contributed by atoms with van der Waals surface area (Å²) in [5, 5.41) is 9.23. The number of amides is 3. The molecule has 2 aromatic rings. The summed E-state index contributed by atoms with van der Waals surface area (Å²) in [4.78, 5) is 43.3. The predicted molar refractivity (Wildman–Crippen MR) is 170 cm³/mol. The highest BCUT2D eigenvalue weighted by molar-refractivity contribution is 6.31. The summed E-state index contributed by atoms with van der Waals surface area (Å²) >= 11 is 12.6. The van der Waals surface area contributed by atoms with E-state index in [1.54, 1.807) is 32.4 Å². The number of hydrogen-bond donors (Lipinski definition) is 3. The lowest BCUT2D eigenvalue weighted by Crippen LogP contribution is -2.64. The number of benzene rings is 2. The van der Waals surface area contributed by atoms with Crippen molar-refractivity contribution in [1.29, 1.82) is 0 Å². The molecule has 3 N–H and O–H groups in total. The van der Waals surface area contributed by atoms with E-state index in [4.69, 9.17) is 32.7 Å². The van der Waals surface area contributed by atoms with Crippen molar-refractivity contribution in [1.82, 2.24) is 15.5 Å². The second kappa shape index (κ2) is 12.9. The van der Waals surface area contributed by atoms with Gasteiger partial charge in [-0.15, -0.1) is 0 Å². The van der Waals surface area contributed by atoms with E-state index in [1.807, 2.05) is 0 Å². The monoisotopic (exact) mass is 696 g/mol. The zero-order chi connectivity index (χ0) is 33.7. The molecule has 1 aliphatic carbocycles. The number of fused-ring (bicyclic) bond motifs is 4. The molecular weight excluding hydrogens is 660 g/mol. The van der Waals surface area contributed by atoms with Crippen LogP contribution >= 0.6 is 23.2 Å². The molecule has 254 valence electrons. The Morgan fingerprint density at radius 2 is 1.89 bits per heavy atom. The maximum absolute atomic E-state index is 16.2. The van der Waals surface area contributed by atoms with Gasteiger partial charge in [0.05, 0.1) is 37.6 Å². The van der Waals surface area contributed by atoms with Crippen LogP contribution in [0.5, 0.6) is 0 Å². The fourth-order valence-corrected chi connectivity index (χ4v) is 8.63. The van der Waals surface area contributed by atoms with Gasteiger partial charge in [0.25, 0.3) is 5.91 Å². The highest BCUT2D eigenvalue weighted by Gasteiger charge is 2.75. The number of anilines is 1. The van der Waals surface area contributed by atoms with E-state index < -0.39 is 71.5 Å². The minimum atomic E-state index is -1.91. The lowest BCUT2D eigenvalue weighted by molar-refractivity contribution is -0.147. The Bertz CT molecular complexity index is 1560. The largest absolute Gasteiger partial charge is 0.383 e. The molecule has 3 heterocycles. The van der Waals surface area contributed by atoms with Gasteiger partial charge in [0.15, 0.2) is 0 Å². The standard InChI is InChI=1S/C33H37Cl2F3N4O5/c1-42(10-11-46-2)29(44)24-9-7-19(13-47-24)39-28(43)27-33(21-4-3-5-22(35)25(21)38)26(32(41-27)14-31(15-32,16-36)17-37)20-8-6-18(34)12-23(20)40-30(33)45/h3-6,8,12,19,24,26-27,41H,7,9-11,13-17H2,1-2H3,(H,39,43)(H,40,45)/t19?,24-,26-,27-,33?/m0/s1. The summed E-state index contributed by atoms with van der Waals surface area (Å²) in [7, 11) is 3.21. The molecule has 2 unspecified atom stereocenters. The van der Waals surface area contributed by atoms with Gasteiger partial charge >= 0.3 is 0 Å². The number of nitrogens with one attached hydrogen (secondary N) is 3. The Morgan fingerprint density at radius 3 is 2.55 bits per heavy atom. The number of nitrogens with zero attached hydrogens (tertiary/aromatic N) is 1. The second-order valence-electron chi connectivity index (χ2n) is 13.3. The average molecular weight is 698 g/mol. The van der Waals surface area contributed by atoms with Crippen molar-refractivity contribution < 1.29 is 37.0 Å². The molecule has 2 aromatic carbocycles. The summed E-state index contributed by atoms with van der Waals surface area (Å²) in [5.41, 5.74) is -3.55. The number of rotatable bonds is 9. The van der Waals surface area contributed by atoms with E-state index in [2.05, 4.69) is 16.0 Å². The van der Waals surface area contributed by atoms with E-state index in [-0.39, 0.29) is 35.9 Å². The van der Waals surface area contributed by atoms with Gasteiger partial charge in [-0.2, -0.15) is 0 Å². The van der Waals surface area contributed by atoms with Crippen LogP contribution in [0.25, 0.3) is 0 Å². The minimum Gasteiger partial charge on any atom is -0.383 e. The van der Waals surface area contributed by atoms with Gasteiger partial charge in [-0.05, 0) is 49.4 Å². The molecule has 4 aliphatic rings. The van der Waals surface area contributed by atoms with Crippen LogP contribution in [0.4, 0.5) is 18.9 Å². The van der Waals surface area contributed by atoms with Crippen molar-refractivity contribution in [3.8, 4) is 0 Å². The van der Waals surface area contributed by atoms with Gasteiger partial charge in [0.2, 0.25) is 11.8 Å². The van der Waals surface area contributed by atoms with Crippen LogP contribution in [0.2, 0.25) is 10.0 Å². The zero-order valence-corrected chi connectivity index (χ0v) is 27.5. The number of likely N-dealkylation sites (N-methyl/N-ethyl adjacent to an activating group) is 1. The molecule has 3 amide bonds. The van der Waals surface area contributed by atoms with E-state index in [0.717, 1.165) is 0 Å². The molecule has 9 nitrogen and oxygen atoms in total. The summed E-state index contributed by atoms with van der Waals surface area (Å²) in [6, 6.07) is 7.26. The van der Waals surface area contributed by atoms with Crippen molar-refractivity contribution in [2.45, 2.75) is 60.7 Å². The third-order valence-electron chi connectivity index (χ3n) is 10.4. The van der Waals surface area contributed by atoms with Crippen LogP contribution in [-0.4, -0.2) is 93.6 Å². The number of carbonyl (C=O) groups is 3. The Balaban J connectivity index is 1.37. The Labute approximate surface area is 280 Å². The molecule has 0 bridgehead atoms. The van der Waals surface area contributed by atoms with Gasteiger partial charge < -0.3 is 25.0 Å². The lowest BCUT2D eigenvalue weighted by Gasteiger charge is -2.57. The van der Waals surface area contributed by atoms with E-state index >= 15 is 4.39 Å². The highest BCUT2D eigenvalue weighted by atomic mass is 35.5.